The average Bonchev–Trinajstić information content (AvgIpc) is 3.10. The highest BCUT2D eigenvalue weighted by Crippen LogP contribution is 2.58. The molecule has 5 rings (SSSR count). The van der Waals surface area contributed by atoms with E-state index in [1.807, 2.05) is 24.3 Å². The number of benzene rings is 3. The van der Waals surface area contributed by atoms with E-state index in [0.717, 1.165) is 15.7 Å². The fourth-order valence-corrected chi connectivity index (χ4v) is 7.32. The molecule has 8 heteroatoms. The molecule has 0 aromatic heterocycles. The van der Waals surface area contributed by atoms with Crippen LogP contribution in [0.4, 0.5) is 15.8 Å². The maximum atomic E-state index is 14.8. The van der Waals surface area contributed by atoms with E-state index in [2.05, 4.69) is 27.3 Å². The molecule has 1 aliphatic carbocycles. The third-order valence-corrected chi connectivity index (χ3v) is 8.96. The number of rotatable bonds is 4. The standard InChI is InChI=1S/C24H19BrClFN2O2S/c25-13-9-10-18-15(11-13)22-16(24(28-18)14-5-1-2-6-17(14)27)12-21(23(22)26)32-20-8-4-3-7-19(20)29(30)31/h1-11,16,21-24,28H,12H2. The number of thioether (sulfide) groups is 1. The molecule has 0 saturated heterocycles. The third-order valence-electron chi connectivity index (χ3n) is 6.36. The zero-order chi connectivity index (χ0) is 22.4. The van der Waals surface area contributed by atoms with E-state index in [1.54, 1.807) is 24.3 Å². The van der Waals surface area contributed by atoms with Crippen molar-refractivity contribution in [2.45, 2.75) is 33.9 Å². The van der Waals surface area contributed by atoms with E-state index in [-0.39, 0.29) is 44.9 Å². The second-order valence-corrected chi connectivity index (χ2v) is 10.8. The van der Waals surface area contributed by atoms with Gasteiger partial charge in [-0.3, -0.25) is 10.1 Å². The summed E-state index contributed by atoms with van der Waals surface area (Å²) in [6, 6.07) is 19.4. The van der Waals surface area contributed by atoms with Crippen LogP contribution in [-0.2, 0) is 0 Å². The van der Waals surface area contributed by atoms with Gasteiger partial charge in [0.2, 0.25) is 0 Å². The number of halogens is 3. The Balaban J connectivity index is 1.55. The van der Waals surface area contributed by atoms with Gasteiger partial charge in [-0.25, -0.2) is 4.39 Å². The molecule has 4 nitrogen and oxygen atoms in total. The van der Waals surface area contributed by atoms with Crippen molar-refractivity contribution in [3.05, 3.63) is 98.3 Å². The number of nitro benzene ring substituents is 1. The number of hydrogen-bond acceptors (Lipinski definition) is 4. The predicted octanol–water partition coefficient (Wildman–Crippen LogP) is 7.54. The van der Waals surface area contributed by atoms with Gasteiger partial charge < -0.3 is 5.32 Å². The topological polar surface area (TPSA) is 55.2 Å². The molecule has 3 aromatic carbocycles. The molecule has 1 aliphatic heterocycles. The maximum absolute atomic E-state index is 14.8. The van der Waals surface area contributed by atoms with E-state index >= 15 is 0 Å². The Hall–Kier alpha value is -2.09. The van der Waals surface area contributed by atoms with Crippen molar-refractivity contribution >= 4 is 50.7 Å². The first kappa shape index (κ1) is 21.7. The van der Waals surface area contributed by atoms with Crippen LogP contribution in [-0.4, -0.2) is 15.6 Å². The molecule has 1 saturated carbocycles. The quantitative estimate of drug-likeness (QED) is 0.214. The smallest absolute Gasteiger partial charge is 0.282 e. The largest absolute Gasteiger partial charge is 0.378 e. The summed E-state index contributed by atoms with van der Waals surface area (Å²) in [6.45, 7) is 0. The summed E-state index contributed by atoms with van der Waals surface area (Å²) in [5.74, 6) is -0.197. The van der Waals surface area contributed by atoms with Crippen molar-refractivity contribution in [1.29, 1.82) is 0 Å². The first-order valence-corrected chi connectivity index (χ1v) is 12.4. The summed E-state index contributed by atoms with van der Waals surface area (Å²) in [4.78, 5) is 11.8. The van der Waals surface area contributed by atoms with Gasteiger partial charge in [0, 0.05) is 33.0 Å². The average molecular weight is 534 g/mol. The lowest BCUT2D eigenvalue weighted by atomic mass is 9.77. The van der Waals surface area contributed by atoms with Crippen molar-refractivity contribution in [2.75, 3.05) is 5.32 Å². The van der Waals surface area contributed by atoms with E-state index in [0.29, 0.717) is 16.9 Å². The van der Waals surface area contributed by atoms with E-state index < -0.39 is 0 Å². The summed E-state index contributed by atoms with van der Waals surface area (Å²) in [5.41, 5.74) is 2.76. The van der Waals surface area contributed by atoms with E-state index in [1.165, 1.54) is 23.9 Å². The van der Waals surface area contributed by atoms with Crippen molar-refractivity contribution in [1.82, 2.24) is 0 Å². The Morgan fingerprint density at radius 3 is 2.62 bits per heavy atom. The number of hydrogen-bond donors (Lipinski definition) is 1. The molecule has 5 atom stereocenters. The summed E-state index contributed by atoms with van der Waals surface area (Å²) in [7, 11) is 0. The van der Waals surface area contributed by atoms with Crippen LogP contribution < -0.4 is 5.32 Å². The first-order valence-electron chi connectivity index (χ1n) is 10.3. The summed E-state index contributed by atoms with van der Waals surface area (Å²) >= 11 is 12.1. The molecule has 1 N–H and O–H groups in total. The van der Waals surface area contributed by atoms with Gasteiger partial charge in [0.05, 0.1) is 21.2 Å². The zero-order valence-corrected chi connectivity index (χ0v) is 19.9. The van der Waals surface area contributed by atoms with Gasteiger partial charge >= 0.3 is 0 Å². The predicted molar refractivity (Wildman–Crippen MR) is 130 cm³/mol. The van der Waals surface area contributed by atoms with Crippen LogP contribution in [0, 0.1) is 21.8 Å². The lowest BCUT2D eigenvalue weighted by Gasteiger charge is -2.38. The van der Waals surface area contributed by atoms with Crippen molar-refractivity contribution < 1.29 is 9.31 Å². The fourth-order valence-electron chi connectivity index (χ4n) is 4.99. The molecule has 164 valence electrons. The van der Waals surface area contributed by atoms with Gasteiger partial charge in [0.15, 0.2) is 0 Å². The molecule has 0 amide bonds. The molecule has 0 radical (unpaired) electrons. The summed E-state index contributed by atoms with van der Waals surface area (Å²) in [5, 5.41) is 14.8. The van der Waals surface area contributed by atoms with Gasteiger partial charge in [0.1, 0.15) is 5.82 Å². The Morgan fingerprint density at radius 1 is 1.09 bits per heavy atom. The van der Waals surface area contributed by atoms with Crippen LogP contribution in [0.3, 0.4) is 0 Å². The molecule has 3 aromatic rings. The number of anilines is 1. The lowest BCUT2D eigenvalue weighted by Crippen LogP contribution is -2.31. The molecular formula is C24H19BrClFN2O2S. The summed E-state index contributed by atoms with van der Waals surface area (Å²) < 4.78 is 15.8. The van der Waals surface area contributed by atoms with Crippen LogP contribution in [0.25, 0.3) is 0 Å². The fraction of sp³-hybridized carbons (Fsp3) is 0.250. The van der Waals surface area contributed by atoms with Crippen LogP contribution in [0.5, 0.6) is 0 Å². The Morgan fingerprint density at radius 2 is 1.84 bits per heavy atom. The molecule has 0 spiro atoms. The highest BCUT2D eigenvalue weighted by molar-refractivity contribution is 9.10. The molecule has 1 heterocycles. The SMILES string of the molecule is O=[N+]([O-])c1ccccc1SC1CC2C(c3ccccc3F)Nc3ccc(Br)cc3C2C1Cl. The van der Waals surface area contributed by atoms with Gasteiger partial charge in [-0.15, -0.1) is 23.4 Å². The maximum Gasteiger partial charge on any atom is 0.282 e. The minimum absolute atomic E-state index is 0.00436. The number of nitro groups is 1. The van der Waals surface area contributed by atoms with Gasteiger partial charge in [-0.1, -0.05) is 46.3 Å². The van der Waals surface area contributed by atoms with Crippen molar-refractivity contribution in [3.63, 3.8) is 0 Å². The Kier molecular flexibility index (Phi) is 5.90. The summed E-state index contributed by atoms with van der Waals surface area (Å²) in [6.07, 6.45) is 0.716. The Bertz CT molecular complexity index is 1200. The zero-order valence-electron chi connectivity index (χ0n) is 16.8. The molecule has 5 unspecified atom stereocenters. The molecule has 32 heavy (non-hydrogen) atoms. The van der Waals surface area contributed by atoms with Crippen molar-refractivity contribution in [2.24, 2.45) is 5.92 Å². The molecule has 2 aliphatic rings. The van der Waals surface area contributed by atoms with Gasteiger partial charge in [-0.2, -0.15) is 0 Å². The molecule has 0 bridgehead atoms. The Labute approximate surface area is 202 Å². The molecule has 1 fully saturated rings. The van der Waals surface area contributed by atoms with Crippen molar-refractivity contribution in [3.8, 4) is 0 Å². The first-order chi connectivity index (χ1) is 15.4. The third kappa shape index (κ3) is 3.80. The monoisotopic (exact) mass is 532 g/mol. The minimum Gasteiger partial charge on any atom is -0.378 e. The number of fused-ring (bicyclic) bond motifs is 3. The minimum atomic E-state index is -0.357. The highest BCUT2D eigenvalue weighted by atomic mass is 79.9. The van der Waals surface area contributed by atoms with Crippen LogP contribution in [0.15, 0.2) is 76.1 Å². The van der Waals surface area contributed by atoms with E-state index in [9.17, 15) is 14.5 Å². The van der Waals surface area contributed by atoms with Crippen LogP contribution in [0.1, 0.15) is 29.5 Å². The van der Waals surface area contributed by atoms with Crippen LogP contribution in [0.2, 0.25) is 0 Å². The van der Waals surface area contributed by atoms with Gasteiger partial charge in [0.25, 0.3) is 5.69 Å². The molecular weight excluding hydrogens is 515 g/mol. The number of alkyl halides is 1. The van der Waals surface area contributed by atoms with Gasteiger partial charge in [-0.05, 0) is 48.2 Å². The second kappa shape index (κ2) is 8.69. The van der Waals surface area contributed by atoms with Crippen LogP contribution >= 0.6 is 39.3 Å². The second-order valence-electron chi connectivity index (χ2n) is 8.13. The lowest BCUT2D eigenvalue weighted by molar-refractivity contribution is -0.387. The highest BCUT2D eigenvalue weighted by Gasteiger charge is 2.50. The van der Waals surface area contributed by atoms with E-state index in [4.69, 9.17) is 11.6 Å². The number of nitrogens with zero attached hydrogens (tertiary/aromatic N) is 1. The normalized spacial score (nSPS) is 26.2. The number of para-hydroxylation sites is 1. The number of nitrogens with one attached hydrogen (secondary N) is 1.